The number of ether oxygens (including phenoxy) is 1. The van der Waals surface area contributed by atoms with Crippen molar-refractivity contribution in [2.45, 2.75) is 11.9 Å². The lowest BCUT2D eigenvalue weighted by Crippen LogP contribution is -2.14. The first kappa shape index (κ1) is 16.1. The molecule has 1 amide bonds. The van der Waals surface area contributed by atoms with E-state index < -0.39 is 21.7 Å². The summed E-state index contributed by atoms with van der Waals surface area (Å²) in [5.74, 6) is -0.979. The fourth-order valence-corrected chi connectivity index (χ4v) is 3.28. The summed E-state index contributed by atoms with van der Waals surface area (Å²) in [6.07, 6.45) is 1.03. The first-order valence-corrected chi connectivity index (χ1v) is 8.79. The van der Waals surface area contributed by atoms with E-state index >= 15 is 0 Å². The van der Waals surface area contributed by atoms with Gasteiger partial charge in [0, 0.05) is 18.6 Å². The van der Waals surface area contributed by atoms with E-state index in [1.54, 1.807) is 12.1 Å². The highest BCUT2D eigenvalue weighted by molar-refractivity contribution is 7.90. The number of thiazole rings is 1. The zero-order chi connectivity index (χ0) is 16.3. The molecule has 0 saturated carbocycles. The number of sulfone groups is 1. The van der Waals surface area contributed by atoms with Gasteiger partial charge in [-0.15, -0.1) is 11.3 Å². The van der Waals surface area contributed by atoms with Crippen LogP contribution in [0.15, 0.2) is 34.7 Å². The molecule has 1 aromatic heterocycles. The van der Waals surface area contributed by atoms with Crippen LogP contribution in [0.3, 0.4) is 0 Å². The van der Waals surface area contributed by atoms with Gasteiger partial charge in [0.2, 0.25) is 0 Å². The number of hydrogen-bond acceptors (Lipinski definition) is 7. The molecule has 0 bridgehead atoms. The lowest BCUT2D eigenvalue weighted by atomic mass is 10.2. The highest BCUT2D eigenvalue weighted by Crippen LogP contribution is 2.23. The third kappa shape index (κ3) is 3.89. The Balaban J connectivity index is 2.23. The number of rotatable bonds is 4. The topological polar surface area (TPSA) is 102 Å². The fraction of sp³-hybridized carbons (Fsp3) is 0.154. The average molecular weight is 340 g/mol. The van der Waals surface area contributed by atoms with Gasteiger partial charge in [0.25, 0.3) is 5.91 Å². The van der Waals surface area contributed by atoms with Gasteiger partial charge in [-0.3, -0.25) is 14.9 Å². The van der Waals surface area contributed by atoms with Gasteiger partial charge < -0.3 is 4.74 Å². The van der Waals surface area contributed by atoms with Crippen LogP contribution in [0.1, 0.15) is 17.3 Å². The molecule has 0 radical (unpaired) electrons. The van der Waals surface area contributed by atoms with Gasteiger partial charge in [0.15, 0.2) is 20.0 Å². The summed E-state index contributed by atoms with van der Waals surface area (Å²) in [6, 6.07) is 6.21. The van der Waals surface area contributed by atoms with Crippen LogP contribution in [0.2, 0.25) is 0 Å². The van der Waals surface area contributed by atoms with Crippen LogP contribution >= 0.6 is 11.3 Å². The molecule has 0 spiro atoms. The van der Waals surface area contributed by atoms with Crippen LogP contribution < -0.4 is 10.1 Å². The van der Waals surface area contributed by atoms with Gasteiger partial charge in [-0.2, -0.15) is 0 Å². The summed E-state index contributed by atoms with van der Waals surface area (Å²) < 4.78 is 27.7. The van der Waals surface area contributed by atoms with Gasteiger partial charge >= 0.3 is 5.97 Å². The van der Waals surface area contributed by atoms with E-state index in [-0.39, 0.29) is 21.5 Å². The van der Waals surface area contributed by atoms with E-state index in [2.05, 4.69) is 10.3 Å². The average Bonchev–Trinajstić information content (AvgIpc) is 2.87. The minimum atomic E-state index is -3.43. The van der Waals surface area contributed by atoms with Crippen LogP contribution in [-0.4, -0.2) is 31.5 Å². The molecule has 1 heterocycles. The third-order valence-corrected chi connectivity index (χ3v) is 4.34. The number of nitrogens with one attached hydrogen (secondary N) is 1. The van der Waals surface area contributed by atoms with Gasteiger partial charge in [0.1, 0.15) is 5.75 Å². The van der Waals surface area contributed by atoms with Crippen molar-refractivity contribution in [3.8, 4) is 5.75 Å². The van der Waals surface area contributed by atoms with Gasteiger partial charge in [0.05, 0.1) is 5.56 Å². The van der Waals surface area contributed by atoms with E-state index in [4.69, 9.17) is 4.74 Å². The highest BCUT2D eigenvalue weighted by Gasteiger charge is 2.17. The Morgan fingerprint density at radius 3 is 2.55 bits per heavy atom. The number of benzene rings is 1. The number of carbonyl (C=O) groups is 2. The second-order valence-electron chi connectivity index (χ2n) is 4.31. The minimum absolute atomic E-state index is 0.110. The molecule has 2 aromatic rings. The molecule has 0 atom stereocenters. The molecule has 9 heteroatoms. The smallest absolute Gasteiger partial charge is 0.308 e. The predicted molar refractivity (Wildman–Crippen MR) is 80.9 cm³/mol. The Kier molecular flexibility index (Phi) is 4.57. The molecule has 1 aromatic carbocycles. The van der Waals surface area contributed by atoms with E-state index in [1.807, 2.05) is 0 Å². The molecule has 0 aliphatic rings. The molecule has 2 rings (SSSR count). The minimum Gasteiger partial charge on any atom is -0.426 e. The van der Waals surface area contributed by atoms with Crippen molar-refractivity contribution < 1.29 is 22.7 Å². The first-order valence-electron chi connectivity index (χ1n) is 6.02. The largest absolute Gasteiger partial charge is 0.426 e. The zero-order valence-electron chi connectivity index (χ0n) is 11.7. The van der Waals surface area contributed by atoms with E-state index in [1.165, 1.54) is 24.4 Å². The number of carbonyl (C=O) groups excluding carboxylic acids is 2. The number of esters is 1. The van der Waals surface area contributed by atoms with Crippen molar-refractivity contribution in [3.63, 3.8) is 0 Å². The van der Waals surface area contributed by atoms with Crippen molar-refractivity contribution in [1.82, 2.24) is 4.98 Å². The second kappa shape index (κ2) is 6.24. The fourth-order valence-electron chi connectivity index (χ4n) is 1.55. The number of aromatic nitrogens is 1. The number of amides is 1. The Morgan fingerprint density at radius 2 is 1.95 bits per heavy atom. The summed E-state index contributed by atoms with van der Waals surface area (Å²) in [6.45, 7) is 1.23. The van der Waals surface area contributed by atoms with Crippen molar-refractivity contribution in [1.29, 1.82) is 0 Å². The van der Waals surface area contributed by atoms with Gasteiger partial charge in [-0.05, 0) is 12.1 Å². The second-order valence-corrected chi connectivity index (χ2v) is 7.13. The van der Waals surface area contributed by atoms with Gasteiger partial charge in [-0.25, -0.2) is 13.4 Å². The van der Waals surface area contributed by atoms with Gasteiger partial charge in [-0.1, -0.05) is 12.1 Å². The molecular formula is C13H12N2O5S2. The van der Waals surface area contributed by atoms with Crippen molar-refractivity contribution in [2.75, 3.05) is 11.6 Å². The molecule has 0 aliphatic heterocycles. The first-order chi connectivity index (χ1) is 10.3. The molecule has 1 N–H and O–H groups in total. The standard InChI is InChI=1S/C13H12N2O5S2/c1-8(16)20-10-6-4-3-5-9(10)12(17)15-13-14-11(7-21-13)22(2,18)19/h3-7H,1-2H3,(H,14,15,17). The van der Waals surface area contributed by atoms with Crippen molar-refractivity contribution in [3.05, 3.63) is 35.2 Å². The predicted octanol–water partition coefficient (Wildman–Crippen LogP) is 1.72. The molecule has 22 heavy (non-hydrogen) atoms. The molecule has 7 nitrogen and oxygen atoms in total. The molecule has 0 unspecified atom stereocenters. The Hall–Kier alpha value is -2.26. The number of anilines is 1. The van der Waals surface area contributed by atoms with E-state index in [0.717, 1.165) is 17.6 Å². The lowest BCUT2D eigenvalue weighted by molar-refractivity contribution is -0.131. The van der Waals surface area contributed by atoms with Crippen LogP contribution in [0.5, 0.6) is 5.75 Å². The zero-order valence-corrected chi connectivity index (χ0v) is 13.3. The maximum atomic E-state index is 12.2. The number of hydrogen-bond donors (Lipinski definition) is 1. The van der Waals surface area contributed by atoms with Crippen LogP contribution in [0.4, 0.5) is 5.13 Å². The third-order valence-electron chi connectivity index (χ3n) is 2.47. The normalized spacial score (nSPS) is 11.0. The van der Waals surface area contributed by atoms with Crippen molar-refractivity contribution >= 4 is 38.2 Å². The van der Waals surface area contributed by atoms with Crippen LogP contribution in [0.25, 0.3) is 0 Å². The molecule has 0 aliphatic carbocycles. The Bertz CT molecular complexity index is 826. The molecular weight excluding hydrogens is 328 g/mol. The number of para-hydroxylation sites is 1. The maximum Gasteiger partial charge on any atom is 0.308 e. The summed E-state index contributed by atoms with van der Waals surface area (Å²) >= 11 is 0.989. The Morgan fingerprint density at radius 1 is 1.27 bits per heavy atom. The maximum absolute atomic E-state index is 12.2. The lowest BCUT2D eigenvalue weighted by Gasteiger charge is -2.07. The van der Waals surface area contributed by atoms with Crippen LogP contribution in [-0.2, 0) is 14.6 Å². The van der Waals surface area contributed by atoms with E-state index in [9.17, 15) is 18.0 Å². The monoisotopic (exact) mass is 340 g/mol. The summed E-state index contributed by atoms with van der Waals surface area (Å²) in [4.78, 5) is 27.0. The Labute approximate surface area is 130 Å². The number of nitrogens with zero attached hydrogens (tertiary/aromatic N) is 1. The summed E-state index contributed by atoms with van der Waals surface area (Å²) in [5.41, 5.74) is 0.147. The van der Waals surface area contributed by atoms with Crippen LogP contribution in [0, 0.1) is 0 Å². The van der Waals surface area contributed by atoms with Crippen molar-refractivity contribution in [2.24, 2.45) is 0 Å². The highest BCUT2D eigenvalue weighted by atomic mass is 32.2. The summed E-state index contributed by atoms with van der Waals surface area (Å²) in [5, 5.41) is 3.84. The molecule has 0 saturated heterocycles. The molecule has 116 valence electrons. The summed E-state index contributed by atoms with van der Waals surface area (Å²) in [7, 11) is -3.43. The quantitative estimate of drug-likeness (QED) is 0.671. The molecule has 0 fully saturated rings. The SMILES string of the molecule is CC(=O)Oc1ccccc1C(=O)Nc1nc(S(C)(=O)=O)cs1. The van der Waals surface area contributed by atoms with E-state index in [0.29, 0.717) is 0 Å².